The maximum atomic E-state index is 16.7. The molecule has 1 saturated carbocycles. The SMILES string of the molecule is Cc1ccc(O[C@@H]2C[C@@H](COc3nc(N4CC5CCC(C5)C4)c4cnc(-c5cccc6cccc(Cl)c56)c(F)c4n3)N(C)C2)cc1. The number of piperidine rings is 1. The summed E-state index contributed by atoms with van der Waals surface area (Å²) >= 11 is 6.63. The van der Waals surface area contributed by atoms with Crippen LogP contribution in [0.5, 0.6) is 11.8 Å². The molecule has 0 spiro atoms. The van der Waals surface area contributed by atoms with Gasteiger partial charge in [0.25, 0.3) is 0 Å². The first-order valence-electron chi connectivity index (χ1n) is 16.2. The number of hydrogen-bond donors (Lipinski definition) is 0. The number of hydrogen-bond acceptors (Lipinski definition) is 7. The Labute approximate surface area is 273 Å². The molecule has 3 aromatic carbocycles. The van der Waals surface area contributed by atoms with Crippen LogP contribution < -0.4 is 14.4 Å². The van der Waals surface area contributed by atoms with Crippen molar-refractivity contribution in [2.45, 2.75) is 44.8 Å². The molecule has 2 saturated heterocycles. The van der Waals surface area contributed by atoms with Crippen LogP contribution in [0.2, 0.25) is 5.02 Å². The van der Waals surface area contributed by atoms with Crippen molar-refractivity contribution in [1.29, 1.82) is 0 Å². The topological polar surface area (TPSA) is 63.6 Å². The van der Waals surface area contributed by atoms with Gasteiger partial charge in [-0.05, 0) is 68.7 Å². The molecule has 8 rings (SSSR count). The molecule has 0 N–H and O–H groups in total. The first kappa shape index (κ1) is 29.4. The quantitative estimate of drug-likeness (QED) is 0.181. The summed E-state index contributed by atoms with van der Waals surface area (Å²) in [7, 11) is 2.08. The van der Waals surface area contributed by atoms with Gasteiger partial charge in [-0.3, -0.25) is 9.88 Å². The summed E-state index contributed by atoms with van der Waals surface area (Å²) in [5.74, 6) is 2.33. The Morgan fingerprint density at radius 2 is 1.70 bits per heavy atom. The van der Waals surface area contributed by atoms with Crippen LogP contribution in [-0.4, -0.2) is 65.3 Å². The molecule has 4 heterocycles. The molecule has 2 aromatic heterocycles. The summed E-state index contributed by atoms with van der Waals surface area (Å²) in [6.45, 7) is 5.03. The first-order chi connectivity index (χ1) is 22.4. The van der Waals surface area contributed by atoms with E-state index in [4.69, 9.17) is 31.0 Å². The third kappa shape index (κ3) is 5.52. The van der Waals surface area contributed by atoms with Gasteiger partial charge < -0.3 is 14.4 Å². The lowest BCUT2D eigenvalue weighted by Crippen LogP contribution is -2.37. The van der Waals surface area contributed by atoms with Gasteiger partial charge in [0.1, 0.15) is 35.5 Å². The van der Waals surface area contributed by atoms with Crippen molar-refractivity contribution < 1.29 is 13.9 Å². The van der Waals surface area contributed by atoms with Crippen LogP contribution in [0.4, 0.5) is 10.2 Å². The highest BCUT2D eigenvalue weighted by Crippen LogP contribution is 2.41. The van der Waals surface area contributed by atoms with Gasteiger partial charge in [0.2, 0.25) is 0 Å². The second-order valence-electron chi connectivity index (χ2n) is 13.3. The highest BCUT2D eigenvalue weighted by Gasteiger charge is 2.35. The number of likely N-dealkylation sites (tertiary alicyclic amines) is 1. The fourth-order valence-corrected chi connectivity index (χ4v) is 7.96. The average molecular weight is 638 g/mol. The van der Waals surface area contributed by atoms with Crippen LogP contribution >= 0.6 is 11.6 Å². The van der Waals surface area contributed by atoms with Gasteiger partial charge >= 0.3 is 6.01 Å². The first-order valence-corrected chi connectivity index (χ1v) is 16.6. The number of halogens is 2. The van der Waals surface area contributed by atoms with Gasteiger partial charge in [-0.2, -0.15) is 9.97 Å². The smallest absolute Gasteiger partial charge is 0.319 e. The van der Waals surface area contributed by atoms with E-state index in [2.05, 4.69) is 40.9 Å². The predicted octanol–water partition coefficient (Wildman–Crippen LogP) is 7.71. The summed E-state index contributed by atoms with van der Waals surface area (Å²) < 4.78 is 29.3. The van der Waals surface area contributed by atoms with Crippen molar-refractivity contribution in [3.05, 3.63) is 83.3 Å². The Kier molecular flexibility index (Phi) is 7.65. The van der Waals surface area contributed by atoms with Gasteiger partial charge in [-0.1, -0.05) is 59.6 Å². The summed E-state index contributed by atoms with van der Waals surface area (Å²) in [6, 6.07) is 19.9. The number of aromatic nitrogens is 3. The molecule has 7 nitrogen and oxygen atoms in total. The van der Waals surface area contributed by atoms with E-state index in [1.807, 2.05) is 48.5 Å². The molecule has 3 aliphatic rings. The Morgan fingerprint density at radius 3 is 2.48 bits per heavy atom. The number of fused-ring (bicyclic) bond motifs is 4. The third-order valence-electron chi connectivity index (χ3n) is 10.0. The van der Waals surface area contributed by atoms with Crippen molar-refractivity contribution in [2.24, 2.45) is 11.8 Å². The van der Waals surface area contributed by atoms with Gasteiger partial charge in [-0.15, -0.1) is 0 Å². The van der Waals surface area contributed by atoms with E-state index in [1.165, 1.54) is 24.8 Å². The van der Waals surface area contributed by atoms with Crippen LogP contribution in [0.25, 0.3) is 32.9 Å². The highest BCUT2D eigenvalue weighted by atomic mass is 35.5. The number of aryl methyl sites for hydroxylation is 1. The van der Waals surface area contributed by atoms with Crippen molar-refractivity contribution in [2.75, 3.05) is 38.2 Å². The lowest BCUT2D eigenvalue weighted by atomic mass is 9.98. The fourth-order valence-electron chi connectivity index (χ4n) is 7.68. The maximum Gasteiger partial charge on any atom is 0.319 e. The zero-order chi connectivity index (χ0) is 31.4. The molecule has 2 aliphatic heterocycles. The largest absolute Gasteiger partial charge is 0.489 e. The summed E-state index contributed by atoms with van der Waals surface area (Å²) in [5.41, 5.74) is 2.27. The van der Waals surface area contributed by atoms with E-state index in [1.54, 1.807) is 6.20 Å². The normalized spacial score (nSPS) is 23.0. The van der Waals surface area contributed by atoms with Crippen molar-refractivity contribution in [3.63, 3.8) is 0 Å². The van der Waals surface area contributed by atoms with Gasteiger partial charge in [-0.25, -0.2) is 4.39 Å². The molecule has 9 heteroatoms. The Morgan fingerprint density at radius 1 is 0.935 bits per heavy atom. The van der Waals surface area contributed by atoms with E-state index in [-0.39, 0.29) is 29.4 Å². The number of anilines is 1. The third-order valence-corrected chi connectivity index (χ3v) is 10.4. The fraction of sp³-hybridized carbons (Fsp3) is 0.378. The van der Waals surface area contributed by atoms with E-state index in [0.29, 0.717) is 40.2 Å². The van der Waals surface area contributed by atoms with Crippen LogP contribution in [0.15, 0.2) is 66.9 Å². The van der Waals surface area contributed by atoms with Gasteiger partial charge in [0.05, 0.1) is 5.39 Å². The number of ether oxygens (including phenoxy) is 2. The molecular formula is C37H37ClFN5O2. The molecule has 2 bridgehead atoms. The molecule has 0 amide bonds. The standard InChI is InChI=1S/C37H37ClFN5O2/c1-22-9-13-27(14-10-22)46-28-16-26(43(2)20-28)21-45-37-41-35-30(36(42-37)44-18-23-11-12-24(15-23)19-44)17-40-34(33(35)39)29-7-3-5-25-6-4-8-31(38)32(25)29/h3-10,13-14,17,23-24,26,28H,11-12,15-16,18-21H2,1-2H3/t23?,24?,26-,28+/m0/s1. The molecule has 0 radical (unpaired) electrons. The Bertz CT molecular complexity index is 1900. The summed E-state index contributed by atoms with van der Waals surface area (Å²) in [6.07, 6.45) is 6.29. The van der Waals surface area contributed by atoms with E-state index in [0.717, 1.165) is 42.6 Å². The summed E-state index contributed by atoms with van der Waals surface area (Å²) in [4.78, 5) is 18.8. The number of pyridine rings is 1. The zero-order valence-corrected chi connectivity index (χ0v) is 26.9. The second-order valence-corrected chi connectivity index (χ2v) is 13.7. The lowest BCUT2D eigenvalue weighted by molar-refractivity contribution is 0.188. The average Bonchev–Trinajstić information content (AvgIpc) is 3.59. The molecule has 46 heavy (non-hydrogen) atoms. The number of nitrogens with zero attached hydrogens (tertiary/aromatic N) is 5. The van der Waals surface area contributed by atoms with Crippen molar-refractivity contribution >= 4 is 39.1 Å². The van der Waals surface area contributed by atoms with Crippen LogP contribution in [-0.2, 0) is 0 Å². The van der Waals surface area contributed by atoms with Crippen LogP contribution in [0.1, 0.15) is 31.2 Å². The van der Waals surface area contributed by atoms with Crippen molar-refractivity contribution in [3.8, 4) is 23.0 Å². The van der Waals surface area contributed by atoms with Crippen LogP contribution in [0, 0.1) is 24.6 Å². The molecule has 5 aromatic rings. The molecule has 3 fully saturated rings. The molecule has 2 unspecified atom stereocenters. The molecule has 4 atom stereocenters. The van der Waals surface area contributed by atoms with E-state index in [9.17, 15) is 0 Å². The number of likely N-dealkylation sites (N-methyl/N-ethyl adjacent to an activating group) is 1. The van der Waals surface area contributed by atoms with E-state index >= 15 is 4.39 Å². The summed E-state index contributed by atoms with van der Waals surface area (Å²) in [5, 5.41) is 2.84. The predicted molar refractivity (Wildman–Crippen MR) is 180 cm³/mol. The minimum absolute atomic E-state index is 0.0526. The minimum Gasteiger partial charge on any atom is -0.489 e. The number of benzene rings is 3. The van der Waals surface area contributed by atoms with Gasteiger partial charge in [0, 0.05) is 54.3 Å². The molecule has 1 aliphatic carbocycles. The van der Waals surface area contributed by atoms with Gasteiger partial charge in [0.15, 0.2) is 5.82 Å². The maximum absolute atomic E-state index is 16.7. The number of rotatable bonds is 7. The monoisotopic (exact) mass is 637 g/mol. The second kappa shape index (κ2) is 12.0. The Hall–Kier alpha value is -4.01. The van der Waals surface area contributed by atoms with Crippen LogP contribution in [0.3, 0.4) is 0 Å². The van der Waals surface area contributed by atoms with Crippen molar-refractivity contribution in [1.82, 2.24) is 19.9 Å². The Balaban J connectivity index is 1.13. The molecular weight excluding hydrogens is 601 g/mol. The van der Waals surface area contributed by atoms with E-state index < -0.39 is 5.82 Å². The lowest BCUT2D eigenvalue weighted by Gasteiger charge is -2.33. The molecule has 236 valence electrons. The minimum atomic E-state index is -0.497. The zero-order valence-electron chi connectivity index (χ0n) is 26.1. The highest BCUT2D eigenvalue weighted by molar-refractivity contribution is 6.36.